The molecule has 1 heterocycles. The van der Waals surface area contributed by atoms with Crippen LogP contribution in [0.1, 0.15) is 40.8 Å². The largest absolute Gasteiger partial charge is 0.493 e. The number of nitriles is 1. The molecule has 1 amide bonds. The molecule has 0 saturated heterocycles. The lowest BCUT2D eigenvalue weighted by molar-refractivity contribution is -0.142. The van der Waals surface area contributed by atoms with Gasteiger partial charge in [-0.05, 0) is 55.0 Å². The predicted octanol–water partition coefficient (Wildman–Crippen LogP) is 4.75. The van der Waals surface area contributed by atoms with Crippen molar-refractivity contribution in [3.05, 3.63) is 44.8 Å². The average Bonchev–Trinajstić information content (AvgIpc) is 2.94. The highest BCUT2D eigenvalue weighted by molar-refractivity contribution is 7.16. The highest BCUT2D eigenvalue weighted by Gasteiger charge is 2.21. The van der Waals surface area contributed by atoms with E-state index in [-0.39, 0.29) is 0 Å². The van der Waals surface area contributed by atoms with Gasteiger partial charge in [-0.15, -0.1) is 11.3 Å². The number of benzene rings is 1. The Labute approximate surface area is 195 Å². The Morgan fingerprint density at radius 2 is 2.00 bits per heavy atom. The third-order valence-electron chi connectivity index (χ3n) is 5.00. The number of methoxy groups -OCH3 is 2. The molecule has 32 heavy (non-hydrogen) atoms. The molecular weight excluding hydrogens is 452 g/mol. The van der Waals surface area contributed by atoms with Gasteiger partial charge in [0.05, 0.1) is 24.8 Å². The highest BCUT2D eigenvalue weighted by atomic mass is 35.5. The number of amides is 1. The Balaban J connectivity index is 1.58. The van der Waals surface area contributed by atoms with Gasteiger partial charge in [0.2, 0.25) is 0 Å². The molecule has 0 fully saturated rings. The molecule has 0 saturated carbocycles. The zero-order valence-electron chi connectivity index (χ0n) is 17.8. The van der Waals surface area contributed by atoms with Crippen molar-refractivity contribution in [3.8, 4) is 17.6 Å². The summed E-state index contributed by atoms with van der Waals surface area (Å²) in [5.74, 6) is -0.356. The van der Waals surface area contributed by atoms with Crippen molar-refractivity contribution in [3.63, 3.8) is 0 Å². The average molecular weight is 475 g/mol. The molecule has 2 aromatic rings. The molecule has 1 aliphatic carbocycles. The van der Waals surface area contributed by atoms with E-state index in [4.69, 9.17) is 25.8 Å². The van der Waals surface area contributed by atoms with Gasteiger partial charge in [0.25, 0.3) is 5.91 Å². The maximum Gasteiger partial charge on any atom is 0.331 e. The van der Waals surface area contributed by atoms with Gasteiger partial charge in [-0.25, -0.2) is 4.79 Å². The minimum Gasteiger partial charge on any atom is -0.493 e. The van der Waals surface area contributed by atoms with Crippen molar-refractivity contribution < 1.29 is 23.8 Å². The molecule has 0 aliphatic heterocycles. The van der Waals surface area contributed by atoms with E-state index in [1.807, 2.05) is 0 Å². The summed E-state index contributed by atoms with van der Waals surface area (Å²) >= 11 is 7.58. The molecule has 1 N–H and O–H groups in total. The molecule has 0 atom stereocenters. The quantitative estimate of drug-likeness (QED) is 0.353. The van der Waals surface area contributed by atoms with Gasteiger partial charge in [-0.3, -0.25) is 4.79 Å². The number of nitrogens with one attached hydrogen (secondary N) is 1. The lowest BCUT2D eigenvalue weighted by Crippen LogP contribution is -2.20. The van der Waals surface area contributed by atoms with Crippen LogP contribution in [0, 0.1) is 11.3 Å². The lowest BCUT2D eigenvalue weighted by atomic mass is 10.1. The molecule has 1 aromatic carbocycles. The first-order valence-corrected chi connectivity index (χ1v) is 11.3. The number of aryl methyl sites for hydroxylation is 1. The Morgan fingerprint density at radius 3 is 2.72 bits per heavy atom. The molecule has 0 unspecified atom stereocenters. The number of nitrogens with zero attached hydrogens (tertiary/aromatic N) is 1. The Hall–Kier alpha value is -3.02. The summed E-state index contributed by atoms with van der Waals surface area (Å²) in [7, 11) is 2.96. The number of anilines is 1. The SMILES string of the molecule is COc1cc(/C=C/C(=O)OCC(=O)Nc2sc3c(c2C#N)CCCCC3)cc(Cl)c1OC. The summed E-state index contributed by atoms with van der Waals surface area (Å²) in [5, 5.41) is 13.1. The number of thiophene rings is 1. The zero-order chi connectivity index (χ0) is 23.1. The molecule has 0 spiro atoms. The second-order valence-corrected chi connectivity index (χ2v) is 8.62. The molecular formula is C23H23ClN2O5S. The highest BCUT2D eigenvalue weighted by Crippen LogP contribution is 2.37. The first kappa shape index (κ1) is 23.6. The van der Waals surface area contributed by atoms with E-state index in [1.54, 1.807) is 12.1 Å². The van der Waals surface area contributed by atoms with Gasteiger partial charge in [0, 0.05) is 11.0 Å². The van der Waals surface area contributed by atoms with Crippen LogP contribution in [0.5, 0.6) is 11.5 Å². The minimum absolute atomic E-state index is 0.335. The summed E-state index contributed by atoms with van der Waals surface area (Å²) in [4.78, 5) is 25.5. The Bertz CT molecular complexity index is 1090. The molecule has 1 aromatic heterocycles. The van der Waals surface area contributed by atoms with Crippen LogP contribution in [-0.2, 0) is 27.2 Å². The van der Waals surface area contributed by atoms with Crippen molar-refractivity contribution in [1.29, 1.82) is 5.26 Å². The van der Waals surface area contributed by atoms with Crippen molar-refractivity contribution >= 4 is 45.9 Å². The number of rotatable bonds is 7. The molecule has 168 valence electrons. The van der Waals surface area contributed by atoms with Crippen molar-refractivity contribution in [1.82, 2.24) is 0 Å². The summed E-state index contributed by atoms with van der Waals surface area (Å²) < 4.78 is 15.4. The molecule has 7 nitrogen and oxygen atoms in total. The van der Waals surface area contributed by atoms with Crippen LogP contribution in [0.3, 0.4) is 0 Å². The van der Waals surface area contributed by atoms with E-state index in [0.29, 0.717) is 32.6 Å². The van der Waals surface area contributed by atoms with Crippen LogP contribution < -0.4 is 14.8 Å². The van der Waals surface area contributed by atoms with Crippen LogP contribution in [0.15, 0.2) is 18.2 Å². The molecule has 0 bridgehead atoms. The number of hydrogen-bond acceptors (Lipinski definition) is 7. The fourth-order valence-corrected chi connectivity index (χ4v) is 5.05. The summed E-state index contributed by atoms with van der Waals surface area (Å²) in [6.07, 6.45) is 7.74. The standard InChI is InChI=1S/C23H23ClN2O5S/c1-29-18-11-14(10-17(24)22(18)30-2)8-9-21(28)31-13-20(27)26-23-16(12-25)15-6-4-3-5-7-19(15)32-23/h8-11H,3-7,13H2,1-2H3,(H,26,27)/b9-8+. The lowest BCUT2D eigenvalue weighted by Gasteiger charge is -2.10. The van der Waals surface area contributed by atoms with Crippen LogP contribution in [0.2, 0.25) is 5.02 Å². The normalized spacial score (nSPS) is 13.1. The predicted molar refractivity (Wildman–Crippen MR) is 123 cm³/mol. The third-order valence-corrected chi connectivity index (χ3v) is 6.49. The van der Waals surface area contributed by atoms with Crippen LogP contribution in [0.4, 0.5) is 5.00 Å². The maximum atomic E-state index is 12.3. The zero-order valence-corrected chi connectivity index (χ0v) is 19.4. The number of halogens is 1. The molecule has 0 radical (unpaired) electrons. The van der Waals surface area contributed by atoms with E-state index in [2.05, 4.69) is 11.4 Å². The number of carbonyl (C=O) groups is 2. The molecule has 3 rings (SSSR count). The van der Waals surface area contributed by atoms with Crippen LogP contribution in [0.25, 0.3) is 6.08 Å². The van der Waals surface area contributed by atoms with Crippen molar-refractivity contribution in [2.24, 2.45) is 0 Å². The summed E-state index contributed by atoms with van der Waals surface area (Å²) in [6, 6.07) is 5.48. The fourth-order valence-electron chi connectivity index (χ4n) is 3.49. The second kappa shape index (κ2) is 11.0. The van der Waals surface area contributed by atoms with Gasteiger partial charge < -0.3 is 19.5 Å². The van der Waals surface area contributed by atoms with E-state index in [1.165, 1.54) is 37.7 Å². The van der Waals surface area contributed by atoms with E-state index in [9.17, 15) is 14.9 Å². The van der Waals surface area contributed by atoms with Gasteiger partial charge in [0.1, 0.15) is 11.1 Å². The Kier molecular flexibility index (Phi) is 8.14. The topological polar surface area (TPSA) is 97.6 Å². The van der Waals surface area contributed by atoms with Crippen LogP contribution >= 0.6 is 22.9 Å². The van der Waals surface area contributed by atoms with E-state index in [0.717, 1.165) is 42.5 Å². The second-order valence-electron chi connectivity index (χ2n) is 7.11. The van der Waals surface area contributed by atoms with Gasteiger partial charge >= 0.3 is 5.97 Å². The Morgan fingerprint density at radius 1 is 1.22 bits per heavy atom. The van der Waals surface area contributed by atoms with Crippen LogP contribution in [-0.4, -0.2) is 32.7 Å². The fraction of sp³-hybridized carbons (Fsp3) is 0.348. The van der Waals surface area contributed by atoms with Crippen molar-refractivity contribution in [2.45, 2.75) is 32.1 Å². The molecule has 1 aliphatic rings. The first-order valence-electron chi connectivity index (χ1n) is 10.1. The first-order chi connectivity index (χ1) is 15.5. The van der Waals surface area contributed by atoms with Gasteiger partial charge in [-0.1, -0.05) is 18.0 Å². The smallest absolute Gasteiger partial charge is 0.331 e. The van der Waals surface area contributed by atoms with E-state index < -0.39 is 18.5 Å². The molecule has 9 heteroatoms. The monoisotopic (exact) mass is 474 g/mol. The van der Waals surface area contributed by atoms with Gasteiger partial charge in [-0.2, -0.15) is 5.26 Å². The van der Waals surface area contributed by atoms with E-state index >= 15 is 0 Å². The summed E-state index contributed by atoms with van der Waals surface area (Å²) in [5.41, 5.74) is 2.17. The number of carbonyl (C=O) groups excluding carboxylic acids is 2. The van der Waals surface area contributed by atoms with Crippen molar-refractivity contribution in [2.75, 3.05) is 26.1 Å². The summed E-state index contributed by atoms with van der Waals surface area (Å²) in [6.45, 7) is -0.455. The number of fused-ring (bicyclic) bond motifs is 1. The number of ether oxygens (including phenoxy) is 3. The van der Waals surface area contributed by atoms with Gasteiger partial charge in [0.15, 0.2) is 18.1 Å². The number of hydrogen-bond donors (Lipinski definition) is 1. The minimum atomic E-state index is -0.687. The third kappa shape index (κ3) is 5.61. The maximum absolute atomic E-state index is 12.3. The number of esters is 1.